The average molecular weight is 139 g/mol. The molecule has 0 bridgehead atoms. The quantitative estimate of drug-likeness (QED) is 0.586. The van der Waals surface area contributed by atoms with E-state index in [9.17, 15) is 4.79 Å². The summed E-state index contributed by atoms with van der Waals surface area (Å²) in [4.78, 5) is 10.5. The van der Waals surface area contributed by atoms with Crippen LogP contribution in [-0.2, 0) is 4.79 Å². The van der Waals surface area contributed by atoms with Crippen molar-refractivity contribution in [3.8, 4) is 0 Å². The molecular formula is C8H13NO. The van der Waals surface area contributed by atoms with Crippen LogP contribution in [0.3, 0.4) is 0 Å². The van der Waals surface area contributed by atoms with Gasteiger partial charge < -0.3 is 5.32 Å². The fourth-order valence-corrected chi connectivity index (χ4v) is 0.574. The van der Waals surface area contributed by atoms with Gasteiger partial charge in [-0.25, -0.2) is 0 Å². The van der Waals surface area contributed by atoms with Crippen molar-refractivity contribution in [2.24, 2.45) is 0 Å². The lowest BCUT2D eigenvalue weighted by atomic mass is 10.1. The van der Waals surface area contributed by atoms with Crippen LogP contribution in [0.2, 0.25) is 0 Å². The van der Waals surface area contributed by atoms with Gasteiger partial charge in [0.05, 0.1) is 6.04 Å². The van der Waals surface area contributed by atoms with Crippen LogP contribution in [0, 0.1) is 0 Å². The van der Waals surface area contributed by atoms with Gasteiger partial charge >= 0.3 is 0 Å². The largest absolute Gasteiger partial charge is 0.350 e. The van der Waals surface area contributed by atoms with Crippen LogP contribution < -0.4 is 5.32 Å². The molecule has 0 aliphatic heterocycles. The second-order valence-corrected chi connectivity index (χ2v) is 2.20. The molecule has 0 aromatic rings. The summed E-state index contributed by atoms with van der Waals surface area (Å²) in [5.41, 5.74) is 0.829. The van der Waals surface area contributed by atoms with Gasteiger partial charge in [0.15, 0.2) is 0 Å². The summed E-state index contributed by atoms with van der Waals surface area (Å²) in [5, 5.41) is 2.68. The summed E-state index contributed by atoms with van der Waals surface area (Å²) in [6.45, 7) is 10.6. The van der Waals surface area contributed by atoms with Crippen molar-refractivity contribution < 1.29 is 4.79 Å². The minimum atomic E-state index is -0.0458. The molecule has 0 saturated heterocycles. The Bertz CT molecular complexity index is 161. The van der Waals surface area contributed by atoms with Crippen LogP contribution in [0.25, 0.3) is 0 Å². The van der Waals surface area contributed by atoms with Crippen LogP contribution in [0.15, 0.2) is 24.8 Å². The Kier molecular flexibility index (Phi) is 3.47. The predicted molar refractivity (Wildman–Crippen MR) is 42.6 cm³/mol. The zero-order chi connectivity index (χ0) is 8.15. The molecule has 1 N–H and O–H groups in total. The summed E-state index contributed by atoms with van der Waals surface area (Å²) >= 11 is 0. The molecule has 2 heteroatoms. The molecule has 2 nitrogen and oxygen atoms in total. The molecule has 0 spiro atoms. The molecule has 0 saturated carbocycles. The Labute approximate surface area is 61.6 Å². The third-order valence-corrected chi connectivity index (χ3v) is 1.24. The van der Waals surface area contributed by atoms with Crippen molar-refractivity contribution in [1.29, 1.82) is 0 Å². The number of carbonyl (C=O) groups excluding carboxylic acids is 1. The smallest absolute Gasteiger partial charge is 0.217 e. The van der Waals surface area contributed by atoms with Gasteiger partial charge in [-0.05, 0) is 12.5 Å². The highest BCUT2D eigenvalue weighted by Crippen LogP contribution is 1.97. The zero-order valence-corrected chi connectivity index (χ0v) is 6.48. The van der Waals surface area contributed by atoms with Gasteiger partial charge in [0.2, 0.25) is 5.91 Å². The van der Waals surface area contributed by atoms with E-state index in [4.69, 9.17) is 0 Å². The highest BCUT2D eigenvalue weighted by atomic mass is 16.1. The van der Waals surface area contributed by atoms with E-state index in [2.05, 4.69) is 18.5 Å². The Hall–Kier alpha value is -1.05. The van der Waals surface area contributed by atoms with Gasteiger partial charge in [0, 0.05) is 6.92 Å². The van der Waals surface area contributed by atoms with E-state index in [-0.39, 0.29) is 11.9 Å². The van der Waals surface area contributed by atoms with E-state index in [0.717, 1.165) is 5.57 Å². The van der Waals surface area contributed by atoms with E-state index in [1.807, 2.05) is 6.92 Å². The molecule has 0 aliphatic carbocycles. The average Bonchev–Trinajstić information content (AvgIpc) is 1.85. The summed E-state index contributed by atoms with van der Waals surface area (Å²) in [7, 11) is 0. The van der Waals surface area contributed by atoms with Crippen LogP contribution in [0.4, 0.5) is 0 Å². The Morgan fingerprint density at radius 2 is 2.20 bits per heavy atom. The van der Waals surface area contributed by atoms with Crippen molar-refractivity contribution in [2.45, 2.75) is 19.9 Å². The first-order valence-corrected chi connectivity index (χ1v) is 3.16. The van der Waals surface area contributed by atoms with Gasteiger partial charge in [0.1, 0.15) is 0 Å². The highest BCUT2D eigenvalue weighted by Gasteiger charge is 2.02. The van der Waals surface area contributed by atoms with Crippen molar-refractivity contribution in [3.05, 3.63) is 24.8 Å². The summed E-state index contributed by atoms with van der Waals surface area (Å²) in [6.07, 6.45) is 1.64. The number of carbonyl (C=O) groups is 1. The molecule has 1 amide bonds. The second-order valence-electron chi connectivity index (χ2n) is 2.20. The molecule has 0 rings (SSSR count). The second kappa shape index (κ2) is 3.88. The van der Waals surface area contributed by atoms with Gasteiger partial charge in [-0.1, -0.05) is 19.2 Å². The number of hydrogen-bond donors (Lipinski definition) is 1. The van der Waals surface area contributed by atoms with Crippen LogP contribution in [0.1, 0.15) is 13.8 Å². The lowest BCUT2D eigenvalue weighted by Gasteiger charge is -2.11. The number of hydrogen-bond acceptors (Lipinski definition) is 1. The predicted octanol–water partition coefficient (Wildman–Crippen LogP) is 1.25. The first kappa shape index (κ1) is 8.95. The zero-order valence-electron chi connectivity index (χ0n) is 6.48. The fraction of sp³-hybridized carbons (Fsp3) is 0.375. The van der Waals surface area contributed by atoms with Crippen molar-refractivity contribution in [3.63, 3.8) is 0 Å². The molecule has 0 aliphatic rings. The summed E-state index contributed by atoms with van der Waals surface area (Å²) < 4.78 is 0. The monoisotopic (exact) mass is 139 g/mol. The Morgan fingerprint density at radius 1 is 1.70 bits per heavy atom. The first-order chi connectivity index (χ1) is 4.57. The summed E-state index contributed by atoms with van der Waals surface area (Å²) in [6, 6.07) is -0.00463. The number of amides is 1. The number of nitrogens with one attached hydrogen (secondary N) is 1. The molecule has 1 unspecified atom stereocenters. The van der Waals surface area contributed by atoms with E-state index in [1.165, 1.54) is 6.92 Å². The van der Waals surface area contributed by atoms with Crippen molar-refractivity contribution >= 4 is 5.91 Å². The molecule has 0 heterocycles. The minimum absolute atomic E-state index is 0.00463. The molecule has 0 radical (unpaired) electrons. The van der Waals surface area contributed by atoms with Crippen LogP contribution >= 0.6 is 0 Å². The molecule has 56 valence electrons. The van der Waals surface area contributed by atoms with E-state index < -0.39 is 0 Å². The number of rotatable bonds is 3. The maximum absolute atomic E-state index is 10.5. The van der Waals surface area contributed by atoms with E-state index in [1.54, 1.807) is 6.08 Å². The normalized spacial score (nSPS) is 11.8. The SMILES string of the molecule is C=CC(=C)C(C)NC(C)=O. The maximum atomic E-state index is 10.5. The Morgan fingerprint density at radius 3 is 2.50 bits per heavy atom. The first-order valence-electron chi connectivity index (χ1n) is 3.16. The molecule has 10 heavy (non-hydrogen) atoms. The van der Waals surface area contributed by atoms with Gasteiger partial charge in [0.25, 0.3) is 0 Å². The van der Waals surface area contributed by atoms with Gasteiger partial charge in [-0.15, -0.1) is 0 Å². The molecule has 0 fully saturated rings. The fourth-order valence-electron chi connectivity index (χ4n) is 0.574. The van der Waals surface area contributed by atoms with Crippen LogP contribution in [0.5, 0.6) is 0 Å². The van der Waals surface area contributed by atoms with E-state index >= 15 is 0 Å². The third-order valence-electron chi connectivity index (χ3n) is 1.24. The standard InChI is InChI=1S/C8H13NO/c1-5-6(2)7(3)9-8(4)10/h5,7H,1-2H2,3-4H3,(H,9,10). The maximum Gasteiger partial charge on any atom is 0.217 e. The van der Waals surface area contributed by atoms with Gasteiger partial charge in [-0.3, -0.25) is 4.79 Å². The molecule has 1 atom stereocenters. The van der Waals surface area contributed by atoms with Crippen molar-refractivity contribution in [1.82, 2.24) is 5.32 Å². The topological polar surface area (TPSA) is 29.1 Å². The lowest BCUT2D eigenvalue weighted by Crippen LogP contribution is -2.30. The minimum Gasteiger partial charge on any atom is -0.350 e. The van der Waals surface area contributed by atoms with Crippen molar-refractivity contribution in [2.75, 3.05) is 0 Å². The van der Waals surface area contributed by atoms with Gasteiger partial charge in [-0.2, -0.15) is 0 Å². The summed E-state index contributed by atoms with van der Waals surface area (Å²) in [5.74, 6) is -0.0458. The van der Waals surface area contributed by atoms with Crippen LogP contribution in [-0.4, -0.2) is 11.9 Å². The highest BCUT2D eigenvalue weighted by molar-refractivity contribution is 5.73. The Balaban J connectivity index is 3.84. The molecule has 0 aromatic heterocycles. The van der Waals surface area contributed by atoms with E-state index in [0.29, 0.717) is 0 Å². The lowest BCUT2D eigenvalue weighted by molar-refractivity contribution is -0.119. The third kappa shape index (κ3) is 3.07. The molecular weight excluding hydrogens is 126 g/mol. The molecule has 0 aromatic carbocycles.